The van der Waals surface area contributed by atoms with Crippen LogP contribution in [-0.2, 0) is 20.9 Å². The largest absolute Gasteiger partial charge is 0.507 e. The summed E-state index contributed by atoms with van der Waals surface area (Å²) in [6.45, 7) is 4.17. The zero-order valence-electron chi connectivity index (χ0n) is 18.5. The Morgan fingerprint density at radius 2 is 2.09 bits per heavy atom. The van der Waals surface area contributed by atoms with Gasteiger partial charge in [-0.2, -0.15) is 0 Å². The second-order valence-electron chi connectivity index (χ2n) is 7.78. The van der Waals surface area contributed by atoms with E-state index in [1.54, 1.807) is 38.5 Å². The van der Waals surface area contributed by atoms with Gasteiger partial charge in [0.05, 0.1) is 25.3 Å². The molecule has 0 aliphatic carbocycles. The van der Waals surface area contributed by atoms with Gasteiger partial charge in [-0.05, 0) is 38.0 Å². The summed E-state index contributed by atoms with van der Waals surface area (Å²) in [5.74, 6) is -2.14. The molecule has 4 rings (SSSR count). The Balaban J connectivity index is 1.75. The van der Waals surface area contributed by atoms with E-state index in [0.717, 1.165) is 0 Å². The van der Waals surface area contributed by atoms with Gasteiger partial charge in [0.1, 0.15) is 23.3 Å². The number of furan rings is 1. The summed E-state index contributed by atoms with van der Waals surface area (Å²) in [5, 5.41) is 11.3. The van der Waals surface area contributed by atoms with Gasteiger partial charge < -0.3 is 28.7 Å². The lowest BCUT2D eigenvalue weighted by Crippen LogP contribution is -2.31. The molecule has 1 aliphatic rings. The quantitative estimate of drug-likeness (QED) is 0.244. The first kappa shape index (κ1) is 22.1. The summed E-state index contributed by atoms with van der Waals surface area (Å²) in [6.07, 6.45) is 7.17. The summed E-state index contributed by atoms with van der Waals surface area (Å²) in [7, 11) is 1.25. The van der Waals surface area contributed by atoms with Crippen LogP contribution in [-0.4, -0.2) is 55.9 Å². The molecule has 10 nitrogen and oxygen atoms in total. The third-order valence-electron chi connectivity index (χ3n) is 5.79. The number of esters is 1. The standard InChI is InChI=1S/C23H24N4O6/c1-13-16(14(2)25-18(13)23(31)32-3)20(28)17-19(15-6-4-11-33-15)27(22(30)21(17)29)9-5-8-26-10-7-24-12-26/h4,6-7,10-12,19,25,28H,5,8-9H2,1-3H3/b20-17+/t19-/m0/s1. The maximum Gasteiger partial charge on any atom is 0.354 e. The summed E-state index contributed by atoms with van der Waals surface area (Å²) in [5.41, 5.74) is 1.25. The van der Waals surface area contributed by atoms with Crippen LogP contribution in [0, 0.1) is 13.8 Å². The number of imidazole rings is 1. The van der Waals surface area contributed by atoms with Crippen LogP contribution in [0.15, 0.2) is 47.1 Å². The van der Waals surface area contributed by atoms with Gasteiger partial charge in [-0.15, -0.1) is 0 Å². The monoisotopic (exact) mass is 452 g/mol. The molecule has 3 aromatic heterocycles. The van der Waals surface area contributed by atoms with Crippen molar-refractivity contribution in [2.24, 2.45) is 0 Å². The Kier molecular flexibility index (Phi) is 5.91. The number of nitrogens with zero attached hydrogens (tertiary/aromatic N) is 3. The molecule has 0 aromatic carbocycles. The van der Waals surface area contributed by atoms with E-state index in [2.05, 4.69) is 9.97 Å². The molecule has 2 N–H and O–H groups in total. The number of hydrogen-bond donors (Lipinski definition) is 2. The van der Waals surface area contributed by atoms with E-state index in [-0.39, 0.29) is 29.1 Å². The van der Waals surface area contributed by atoms with Gasteiger partial charge in [-0.3, -0.25) is 9.59 Å². The number of aromatic amines is 1. The number of aliphatic hydroxyl groups is 1. The fraction of sp³-hybridized carbons (Fsp3) is 0.304. The molecule has 1 atom stereocenters. The number of Topliss-reactive ketones (excluding diaryl/α,β-unsaturated/α-hetero) is 1. The van der Waals surface area contributed by atoms with Crippen LogP contribution in [0.5, 0.6) is 0 Å². The maximum absolute atomic E-state index is 13.1. The Labute approximate surface area is 189 Å². The number of amides is 1. The number of likely N-dealkylation sites (tertiary alicyclic amines) is 1. The number of ether oxygens (including phenoxy) is 1. The van der Waals surface area contributed by atoms with Crippen LogP contribution in [0.3, 0.4) is 0 Å². The Morgan fingerprint density at radius 3 is 2.73 bits per heavy atom. The van der Waals surface area contributed by atoms with Crippen molar-refractivity contribution in [3.8, 4) is 0 Å². The molecule has 1 saturated heterocycles. The van der Waals surface area contributed by atoms with Gasteiger partial charge in [-0.25, -0.2) is 9.78 Å². The third kappa shape index (κ3) is 3.84. The van der Waals surface area contributed by atoms with Gasteiger partial charge in [0, 0.05) is 36.7 Å². The highest BCUT2D eigenvalue weighted by Crippen LogP contribution is 2.41. The molecular formula is C23H24N4O6. The van der Waals surface area contributed by atoms with Crippen molar-refractivity contribution in [1.82, 2.24) is 19.4 Å². The minimum Gasteiger partial charge on any atom is -0.507 e. The van der Waals surface area contributed by atoms with E-state index in [0.29, 0.717) is 30.0 Å². The minimum atomic E-state index is -0.891. The average molecular weight is 452 g/mol. The lowest BCUT2D eigenvalue weighted by Gasteiger charge is -2.23. The van der Waals surface area contributed by atoms with Gasteiger partial charge >= 0.3 is 5.97 Å². The van der Waals surface area contributed by atoms with Crippen molar-refractivity contribution in [2.75, 3.05) is 13.7 Å². The van der Waals surface area contributed by atoms with E-state index in [4.69, 9.17) is 9.15 Å². The molecule has 4 heterocycles. The normalized spacial score (nSPS) is 17.7. The van der Waals surface area contributed by atoms with Crippen molar-refractivity contribution >= 4 is 23.4 Å². The van der Waals surface area contributed by atoms with Gasteiger partial charge in [-0.1, -0.05) is 0 Å². The summed E-state index contributed by atoms with van der Waals surface area (Å²) < 4.78 is 12.2. The van der Waals surface area contributed by atoms with Crippen molar-refractivity contribution in [1.29, 1.82) is 0 Å². The van der Waals surface area contributed by atoms with Crippen LogP contribution in [0.4, 0.5) is 0 Å². The van der Waals surface area contributed by atoms with Crippen LogP contribution in [0.1, 0.15) is 45.5 Å². The second-order valence-corrected chi connectivity index (χ2v) is 7.78. The molecule has 1 amide bonds. The average Bonchev–Trinajstić information content (AvgIpc) is 3.58. The van der Waals surface area contributed by atoms with E-state index in [1.807, 2.05) is 10.8 Å². The number of carbonyl (C=O) groups is 3. The number of carbonyl (C=O) groups excluding carboxylic acids is 3. The SMILES string of the molecule is COC(=O)c1[nH]c(C)c(/C(O)=C2\C(=O)C(=O)N(CCCn3ccnc3)[C@H]2c2ccco2)c1C. The molecule has 1 aliphatic heterocycles. The predicted octanol–water partition coefficient (Wildman–Crippen LogP) is 2.72. The molecule has 0 bridgehead atoms. The highest BCUT2D eigenvalue weighted by molar-refractivity contribution is 6.46. The lowest BCUT2D eigenvalue weighted by molar-refractivity contribution is -0.140. The van der Waals surface area contributed by atoms with Crippen LogP contribution >= 0.6 is 0 Å². The lowest BCUT2D eigenvalue weighted by atomic mass is 9.97. The number of rotatable bonds is 7. The highest BCUT2D eigenvalue weighted by atomic mass is 16.5. The van der Waals surface area contributed by atoms with Crippen molar-refractivity contribution in [2.45, 2.75) is 32.9 Å². The molecule has 172 valence electrons. The first-order valence-corrected chi connectivity index (χ1v) is 10.4. The fourth-order valence-corrected chi connectivity index (χ4v) is 4.24. The highest BCUT2D eigenvalue weighted by Gasteiger charge is 2.47. The van der Waals surface area contributed by atoms with Crippen LogP contribution in [0.2, 0.25) is 0 Å². The van der Waals surface area contributed by atoms with Crippen molar-refractivity contribution in [3.05, 3.63) is 71.0 Å². The number of hydrogen-bond acceptors (Lipinski definition) is 7. The molecule has 0 unspecified atom stereocenters. The number of H-pyrrole nitrogens is 1. The summed E-state index contributed by atoms with van der Waals surface area (Å²) >= 11 is 0. The first-order chi connectivity index (χ1) is 15.8. The van der Waals surface area contributed by atoms with E-state index >= 15 is 0 Å². The van der Waals surface area contributed by atoms with Crippen molar-refractivity contribution in [3.63, 3.8) is 0 Å². The number of methoxy groups -OCH3 is 1. The van der Waals surface area contributed by atoms with E-state index in [1.165, 1.54) is 18.3 Å². The number of aryl methyl sites for hydroxylation is 2. The summed E-state index contributed by atoms with van der Waals surface area (Å²) in [4.78, 5) is 46.4. The van der Waals surface area contributed by atoms with Gasteiger partial charge in [0.2, 0.25) is 0 Å². The second kappa shape index (κ2) is 8.81. The Bertz CT molecular complexity index is 1220. The first-order valence-electron chi connectivity index (χ1n) is 10.4. The molecule has 0 spiro atoms. The molecule has 0 radical (unpaired) electrons. The molecule has 10 heteroatoms. The van der Waals surface area contributed by atoms with Gasteiger partial charge in [0.25, 0.3) is 11.7 Å². The molecule has 3 aromatic rings. The van der Waals surface area contributed by atoms with Crippen LogP contribution in [0.25, 0.3) is 5.76 Å². The number of aliphatic hydroxyl groups excluding tert-OH is 1. The van der Waals surface area contributed by atoms with E-state index in [9.17, 15) is 19.5 Å². The van der Waals surface area contributed by atoms with Crippen molar-refractivity contribution < 1.29 is 28.6 Å². The predicted molar refractivity (Wildman–Crippen MR) is 116 cm³/mol. The Morgan fingerprint density at radius 1 is 1.30 bits per heavy atom. The zero-order chi connectivity index (χ0) is 23.7. The minimum absolute atomic E-state index is 0.0841. The topological polar surface area (TPSA) is 131 Å². The summed E-state index contributed by atoms with van der Waals surface area (Å²) in [6, 6.07) is 2.42. The van der Waals surface area contributed by atoms with Gasteiger partial charge in [0.15, 0.2) is 0 Å². The molecule has 0 saturated carbocycles. The zero-order valence-corrected chi connectivity index (χ0v) is 18.5. The number of aromatic nitrogens is 3. The number of ketones is 1. The maximum atomic E-state index is 13.1. The molecular weight excluding hydrogens is 428 g/mol. The Hall–Kier alpha value is -4.08. The molecule has 1 fully saturated rings. The smallest absolute Gasteiger partial charge is 0.354 e. The number of nitrogens with one attached hydrogen (secondary N) is 1. The van der Waals surface area contributed by atoms with E-state index < -0.39 is 23.7 Å². The fourth-order valence-electron chi connectivity index (χ4n) is 4.24. The third-order valence-corrected chi connectivity index (χ3v) is 5.79. The molecule has 33 heavy (non-hydrogen) atoms. The van der Waals surface area contributed by atoms with Crippen LogP contribution < -0.4 is 0 Å².